The van der Waals surface area contributed by atoms with Crippen molar-refractivity contribution in [1.29, 1.82) is 0 Å². The minimum absolute atomic E-state index is 0.171. The van der Waals surface area contributed by atoms with Crippen molar-refractivity contribution in [3.63, 3.8) is 0 Å². The Morgan fingerprint density at radius 1 is 1.24 bits per heavy atom. The molecule has 0 N–H and O–H groups in total. The van der Waals surface area contributed by atoms with Crippen molar-refractivity contribution in [2.75, 3.05) is 0 Å². The molecule has 3 aromatic rings. The summed E-state index contributed by atoms with van der Waals surface area (Å²) in [5.41, 5.74) is 4.12. The second-order valence-electron chi connectivity index (χ2n) is 5.41. The highest BCUT2D eigenvalue weighted by molar-refractivity contribution is 6.20. The van der Waals surface area contributed by atoms with Crippen LogP contribution >= 0.6 is 11.6 Å². The van der Waals surface area contributed by atoms with E-state index in [4.69, 9.17) is 16.0 Å². The van der Waals surface area contributed by atoms with Crippen LogP contribution in [-0.4, -0.2) is 14.5 Å². The van der Waals surface area contributed by atoms with Crippen LogP contribution < -0.4 is 0 Å². The highest BCUT2D eigenvalue weighted by Gasteiger charge is 2.17. The molecule has 4 nitrogen and oxygen atoms in total. The van der Waals surface area contributed by atoms with Gasteiger partial charge in [-0.05, 0) is 45.4 Å². The predicted molar refractivity (Wildman–Crippen MR) is 83.8 cm³/mol. The molecule has 2 heterocycles. The summed E-state index contributed by atoms with van der Waals surface area (Å²) in [5.74, 6) is 2.38. The van der Waals surface area contributed by atoms with Crippen molar-refractivity contribution in [2.45, 2.75) is 39.6 Å². The SMILES string of the molecule is Cc1ccc2nc(C(C)Cl)n(Cc3nc(C)c(C)o3)c2c1. The molecule has 0 fully saturated rings. The second-order valence-corrected chi connectivity index (χ2v) is 6.07. The maximum Gasteiger partial charge on any atom is 0.214 e. The molecule has 0 saturated heterocycles. The van der Waals surface area contributed by atoms with Crippen LogP contribution in [0.15, 0.2) is 22.6 Å². The number of imidazole rings is 1. The van der Waals surface area contributed by atoms with Crippen LogP contribution in [0.5, 0.6) is 0 Å². The molecule has 110 valence electrons. The zero-order valence-electron chi connectivity index (χ0n) is 12.6. The lowest BCUT2D eigenvalue weighted by Gasteiger charge is -2.08. The van der Waals surface area contributed by atoms with E-state index in [0.717, 1.165) is 28.3 Å². The van der Waals surface area contributed by atoms with Gasteiger partial charge in [0.25, 0.3) is 0 Å². The van der Waals surface area contributed by atoms with Crippen molar-refractivity contribution >= 4 is 22.6 Å². The van der Waals surface area contributed by atoms with Gasteiger partial charge >= 0.3 is 0 Å². The first kappa shape index (κ1) is 14.1. The largest absolute Gasteiger partial charge is 0.444 e. The summed E-state index contributed by atoms with van der Waals surface area (Å²) in [7, 11) is 0. The predicted octanol–water partition coefficient (Wildman–Crippen LogP) is 4.30. The van der Waals surface area contributed by atoms with Crippen molar-refractivity contribution in [2.24, 2.45) is 0 Å². The summed E-state index contributed by atoms with van der Waals surface area (Å²) >= 11 is 6.29. The molecule has 21 heavy (non-hydrogen) atoms. The van der Waals surface area contributed by atoms with E-state index in [1.807, 2.05) is 26.8 Å². The molecule has 1 atom stereocenters. The minimum Gasteiger partial charge on any atom is -0.444 e. The first-order valence-electron chi connectivity index (χ1n) is 6.99. The molecule has 3 rings (SSSR count). The fourth-order valence-electron chi connectivity index (χ4n) is 2.46. The number of halogens is 1. The average molecular weight is 304 g/mol. The summed E-state index contributed by atoms with van der Waals surface area (Å²) in [5, 5.41) is -0.171. The van der Waals surface area contributed by atoms with E-state index in [-0.39, 0.29) is 5.38 Å². The van der Waals surface area contributed by atoms with E-state index in [9.17, 15) is 0 Å². The number of aromatic nitrogens is 3. The van der Waals surface area contributed by atoms with Gasteiger partial charge in [-0.25, -0.2) is 9.97 Å². The Hall–Kier alpha value is -1.81. The number of rotatable bonds is 3. The van der Waals surface area contributed by atoms with Crippen LogP contribution in [0.2, 0.25) is 0 Å². The van der Waals surface area contributed by atoms with E-state index < -0.39 is 0 Å². The van der Waals surface area contributed by atoms with E-state index >= 15 is 0 Å². The van der Waals surface area contributed by atoms with Crippen molar-refractivity contribution in [3.05, 3.63) is 46.9 Å². The third kappa shape index (κ3) is 2.56. The second kappa shape index (κ2) is 5.19. The minimum atomic E-state index is -0.171. The first-order chi connectivity index (χ1) is 9.95. The average Bonchev–Trinajstić information content (AvgIpc) is 2.92. The van der Waals surface area contributed by atoms with Gasteiger partial charge in [-0.3, -0.25) is 0 Å². The van der Waals surface area contributed by atoms with E-state index in [1.165, 1.54) is 5.56 Å². The third-order valence-corrected chi connectivity index (χ3v) is 3.85. The fraction of sp³-hybridized carbons (Fsp3) is 0.375. The molecule has 0 aliphatic heterocycles. The number of fused-ring (bicyclic) bond motifs is 1. The fourth-order valence-corrected chi connectivity index (χ4v) is 2.63. The number of alkyl halides is 1. The number of oxazole rings is 1. The summed E-state index contributed by atoms with van der Waals surface area (Å²) in [6.07, 6.45) is 0. The van der Waals surface area contributed by atoms with Gasteiger partial charge in [0.15, 0.2) is 0 Å². The molecule has 0 radical (unpaired) electrons. The Morgan fingerprint density at radius 2 is 2.00 bits per heavy atom. The molecule has 1 unspecified atom stereocenters. The summed E-state index contributed by atoms with van der Waals surface area (Å²) in [6, 6.07) is 6.20. The molecule has 0 bridgehead atoms. The molecule has 0 saturated carbocycles. The van der Waals surface area contributed by atoms with Gasteiger partial charge in [0.2, 0.25) is 5.89 Å². The Morgan fingerprint density at radius 3 is 2.62 bits per heavy atom. The number of nitrogens with zero attached hydrogens (tertiary/aromatic N) is 3. The maximum atomic E-state index is 6.29. The Kier molecular flexibility index (Phi) is 3.49. The zero-order valence-corrected chi connectivity index (χ0v) is 13.4. The number of hydrogen-bond acceptors (Lipinski definition) is 3. The number of benzene rings is 1. The molecule has 0 amide bonds. The summed E-state index contributed by atoms with van der Waals surface area (Å²) in [4.78, 5) is 9.10. The Labute approximate surface area is 128 Å². The lowest BCUT2D eigenvalue weighted by Crippen LogP contribution is -2.06. The molecule has 0 spiro atoms. The normalized spacial score (nSPS) is 13.0. The van der Waals surface area contributed by atoms with Gasteiger partial charge in [-0.1, -0.05) is 6.07 Å². The molecule has 2 aromatic heterocycles. The smallest absolute Gasteiger partial charge is 0.214 e. The summed E-state index contributed by atoms with van der Waals surface area (Å²) < 4.78 is 7.79. The van der Waals surface area contributed by atoms with E-state index in [2.05, 4.69) is 33.6 Å². The quantitative estimate of drug-likeness (QED) is 0.678. The van der Waals surface area contributed by atoms with Gasteiger partial charge in [-0.15, -0.1) is 11.6 Å². The molecule has 0 aliphatic carbocycles. The molecule has 1 aromatic carbocycles. The Bertz CT molecular complexity index is 782. The van der Waals surface area contributed by atoms with Crippen molar-refractivity contribution in [3.8, 4) is 0 Å². The van der Waals surface area contributed by atoms with E-state index in [0.29, 0.717) is 12.4 Å². The van der Waals surface area contributed by atoms with Gasteiger partial charge in [-0.2, -0.15) is 0 Å². The molecule has 0 aliphatic rings. The Balaban J connectivity index is 2.14. The number of hydrogen-bond donors (Lipinski definition) is 0. The first-order valence-corrected chi connectivity index (χ1v) is 7.43. The van der Waals surface area contributed by atoms with Gasteiger partial charge in [0.1, 0.15) is 18.1 Å². The highest BCUT2D eigenvalue weighted by Crippen LogP contribution is 2.26. The monoisotopic (exact) mass is 303 g/mol. The van der Waals surface area contributed by atoms with Gasteiger partial charge in [0.05, 0.1) is 22.1 Å². The van der Waals surface area contributed by atoms with Gasteiger partial charge in [0, 0.05) is 0 Å². The van der Waals surface area contributed by atoms with Crippen molar-refractivity contribution < 1.29 is 4.42 Å². The van der Waals surface area contributed by atoms with Crippen LogP contribution in [0.4, 0.5) is 0 Å². The lowest BCUT2D eigenvalue weighted by atomic mass is 10.2. The standard InChI is InChI=1S/C16H18ClN3O/c1-9-5-6-13-14(7-9)20(16(19-13)10(2)17)8-15-18-11(3)12(4)21-15/h5-7,10H,8H2,1-4H3. The van der Waals surface area contributed by atoms with E-state index in [1.54, 1.807) is 0 Å². The maximum absolute atomic E-state index is 6.29. The zero-order chi connectivity index (χ0) is 15.1. The van der Waals surface area contributed by atoms with Crippen LogP contribution in [0.1, 0.15) is 41.0 Å². The van der Waals surface area contributed by atoms with Crippen LogP contribution in [0.25, 0.3) is 11.0 Å². The lowest BCUT2D eigenvalue weighted by molar-refractivity contribution is 0.456. The molecular formula is C16H18ClN3O. The topological polar surface area (TPSA) is 43.9 Å². The third-order valence-electron chi connectivity index (χ3n) is 3.66. The number of aryl methyl sites for hydroxylation is 3. The van der Waals surface area contributed by atoms with Crippen molar-refractivity contribution in [1.82, 2.24) is 14.5 Å². The van der Waals surface area contributed by atoms with Crippen LogP contribution in [0.3, 0.4) is 0 Å². The molecular weight excluding hydrogens is 286 g/mol. The molecule has 5 heteroatoms. The summed E-state index contributed by atoms with van der Waals surface area (Å²) in [6.45, 7) is 8.41. The van der Waals surface area contributed by atoms with Crippen LogP contribution in [-0.2, 0) is 6.54 Å². The highest BCUT2D eigenvalue weighted by atomic mass is 35.5. The van der Waals surface area contributed by atoms with Gasteiger partial charge < -0.3 is 8.98 Å². The van der Waals surface area contributed by atoms with Crippen LogP contribution in [0, 0.1) is 20.8 Å².